The molecule has 32 heavy (non-hydrogen) atoms. The molecule has 3 aromatic rings. The second-order valence-electron chi connectivity index (χ2n) is 8.66. The van der Waals surface area contributed by atoms with Crippen molar-refractivity contribution in [3.63, 3.8) is 0 Å². The quantitative estimate of drug-likeness (QED) is 0.580. The van der Waals surface area contributed by atoms with E-state index in [2.05, 4.69) is 41.1 Å². The number of benzene rings is 1. The highest BCUT2D eigenvalue weighted by Crippen LogP contribution is 2.33. The highest BCUT2D eigenvalue weighted by molar-refractivity contribution is 8.00. The van der Waals surface area contributed by atoms with Gasteiger partial charge in [-0.15, -0.1) is 23.1 Å². The van der Waals surface area contributed by atoms with Crippen molar-refractivity contribution < 1.29 is 4.79 Å². The number of piperazine rings is 1. The van der Waals surface area contributed by atoms with E-state index in [1.807, 2.05) is 4.90 Å². The van der Waals surface area contributed by atoms with Crippen molar-refractivity contribution in [3.8, 4) is 0 Å². The van der Waals surface area contributed by atoms with E-state index in [-0.39, 0.29) is 11.5 Å². The van der Waals surface area contributed by atoms with Crippen LogP contribution >= 0.6 is 23.1 Å². The summed E-state index contributed by atoms with van der Waals surface area (Å²) in [6.45, 7) is 5.71. The normalized spacial score (nSPS) is 17.0. The minimum absolute atomic E-state index is 0.00587. The molecule has 1 fully saturated rings. The molecule has 1 aliphatic heterocycles. The van der Waals surface area contributed by atoms with Gasteiger partial charge in [0.25, 0.3) is 5.56 Å². The van der Waals surface area contributed by atoms with Crippen molar-refractivity contribution in [2.75, 3.05) is 31.9 Å². The smallest absolute Gasteiger partial charge is 0.259 e. The second kappa shape index (κ2) is 9.37. The van der Waals surface area contributed by atoms with E-state index in [0.29, 0.717) is 25.4 Å². The van der Waals surface area contributed by atoms with E-state index in [1.165, 1.54) is 22.4 Å². The van der Waals surface area contributed by atoms with Crippen LogP contribution in [0.5, 0.6) is 0 Å². The number of aromatic nitrogens is 2. The Morgan fingerprint density at radius 2 is 1.88 bits per heavy atom. The van der Waals surface area contributed by atoms with E-state index in [4.69, 9.17) is 4.98 Å². The monoisotopic (exact) mass is 468 g/mol. The fraction of sp³-hybridized carbons (Fsp3) is 0.458. The molecule has 0 unspecified atom stereocenters. The van der Waals surface area contributed by atoms with Crippen LogP contribution in [-0.2, 0) is 24.2 Å². The highest BCUT2D eigenvalue weighted by Gasteiger charge is 2.23. The minimum Gasteiger partial charge on any atom is -0.339 e. The molecule has 168 valence electrons. The number of thiophene rings is 1. The second-order valence-corrected chi connectivity index (χ2v) is 10.8. The summed E-state index contributed by atoms with van der Waals surface area (Å²) >= 11 is 3.29. The number of rotatable bonds is 5. The molecular formula is C24H28N4O2S2. The summed E-state index contributed by atoms with van der Waals surface area (Å²) in [7, 11) is 0. The first-order chi connectivity index (χ1) is 15.6. The van der Waals surface area contributed by atoms with Gasteiger partial charge in [0.1, 0.15) is 10.7 Å². The number of hydrogen-bond donors (Lipinski definition) is 1. The van der Waals surface area contributed by atoms with Crippen LogP contribution < -0.4 is 5.56 Å². The van der Waals surface area contributed by atoms with Gasteiger partial charge in [-0.2, -0.15) is 0 Å². The lowest BCUT2D eigenvalue weighted by atomic mass is 9.97. The summed E-state index contributed by atoms with van der Waals surface area (Å²) < 4.78 is 0. The number of H-pyrrole nitrogens is 1. The first-order valence-electron chi connectivity index (χ1n) is 11.3. The minimum atomic E-state index is 0.00587. The third-order valence-corrected chi connectivity index (χ3v) is 8.54. The van der Waals surface area contributed by atoms with Gasteiger partial charge in [0, 0.05) is 36.0 Å². The molecule has 1 saturated heterocycles. The molecule has 0 saturated carbocycles. The number of carbonyl (C=O) groups is 1. The Bertz CT molecular complexity index is 1180. The average Bonchev–Trinajstić information content (AvgIpc) is 3.18. The van der Waals surface area contributed by atoms with Gasteiger partial charge in [-0.3, -0.25) is 14.5 Å². The number of aryl methyl sites for hydroxylation is 3. The number of fused-ring (bicyclic) bond motifs is 3. The fourth-order valence-corrected chi connectivity index (χ4v) is 6.60. The van der Waals surface area contributed by atoms with Crippen LogP contribution in [0.25, 0.3) is 10.2 Å². The molecule has 8 heteroatoms. The Kier molecular flexibility index (Phi) is 6.35. The Morgan fingerprint density at radius 3 is 2.66 bits per heavy atom. The molecule has 1 N–H and O–H groups in total. The molecular weight excluding hydrogens is 440 g/mol. The van der Waals surface area contributed by atoms with Crippen LogP contribution in [0.4, 0.5) is 0 Å². The predicted molar refractivity (Wildman–Crippen MR) is 131 cm³/mol. The fourth-order valence-electron chi connectivity index (χ4n) is 4.52. The Balaban J connectivity index is 1.17. The molecule has 0 bridgehead atoms. The summed E-state index contributed by atoms with van der Waals surface area (Å²) in [4.78, 5) is 40.8. The van der Waals surface area contributed by atoms with Crippen LogP contribution in [0.1, 0.15) is 34.7 Å². The van der Waals surface area contributed by atoms with Crippen molar-refractivity contribution in [3.05, 3.63) is 56.4 Å². The molecule has 2 aromatic heterocycles. The van der Waals surface area contributed by atoms with E-state index in [1.54, 1.807) is 23.1 Å². The zero-order valence-corrected chi connectivity index (χ0v) is 20.0. The van der Waals surface area contributed by atoms with Gasteiger partial charge < -0.3 is 9.88 Å². The third-order valence-electron chi connectivity index (χ3n) is 6.36. The van der Waals surface area contributed by atoms with Crippen molar-refractivity contribution in [1.29, 1.82) is 0 Å². The lowest BCUT2D eigenvalue weighted by Crippen LogP contribution is -2.49. The van der Waals surface area contributed by atoms with Crippen LogP contribution in [0.2, 0.25) is 0 Å². The van der Waals surface area contributed by atoms with Crippen LogP contribution in [-0.4, -0.2) is 57.6 Å². The molecule has 5 rings (SSSR count). The number of carbonyl (C=O) groups excluding carboxylic acids is 1. The van der Waals surface area contributed by atoms with Gasteiger partial charge in [0.2, 0.25) is 5.91 Å². The van der Waals surface area contributed by atoms with Crippen LogP contribution in [0.15, 0.2) is 34.0 Å². The number of nitrogens with zero attached hydrogens (tertiary/aromatic N) is 3. The first-order valence-corrected chi connectivity index (χ1v) is 13.1. The summed E-state index contributed by atoms with van der Waals surface area (Å²) in [6, 6.07) is 8.29. The predicted octanol–water partition coefficient (Wildman–Crippen LogP) is 3.61. The number of amides is 1. The average molecular weight is 469 g/mol. The number of nitrogens with one attached hydrogen (secondary N) is 1. The molecule has 3 heterocycles. The largest absolute Gasteiger partial charge is 0.339 e. The maximum absolute atomic E-state index is 12.8. The van der Waals surface area contributed by atoms with Gasteiger partial charge >= 0.3 is 0 Å². The standard InChI is InChI=1S/C24H28N4O2S2/c1-16-6-8-17(9-7-16)31-15-21(29)28-12-10-27(11-13-28)14-20-25-23(30)22-18-4-2-3-5-19(18)32-24(22)26-20/h6-9H,2-5,10-15H2,1H3,(H,25,26,30). The van der Waals surface area contributed by atoms with Gasteiger partial charge in [-0.25, -0.2) is 4.98 Å². The van der Waals surface area contributed by atoms with Gasteiger partial charge in [-0.05, 0) is 50.3 Å². The zero-order valence-electron chi connectivity index (χ0n) is 18.4. The molecule has 0 atom stereocenters. The number of aromatic amines is 1. The van der Waals surface area contributed by atoms with Crippen molar-refractivity contribution >= 4 is 39.2 Å². The number of hydrogen-bond acceptors (Lipinski definition) is 6. The maximum Gasteiger partial charge on any atom is 0.259 e. The summed E-state index contributed by atoms with van der Waals surface area (Å²) in [6.07, 6.45) is 4.44. The van der Waals surface area contributed by atoms with E-state index in [9.17, 15) is 9.59 Å². The molecule has 2 aliphatic rings. The Labute approximate surface area is 196 Å². The zero-order chi connectivity index (χ0) is 22.1. The topological polar surface area (TPSA) is 69.3 Å². The van der Waals surface area contributed by atoms with E-state index >= 15 is 0 Å². The molecule has 1 aliphatic carbocycles. The highest BCUT2D eigenvalue weighted by atomic mass is 32.2. The summed E-state index contributed by atoms with van der Waals surface area (Å²) in [5.74, 6) is 1.39. The maximum atomic E-state index is 12.8. The van der Waals surface area contributed by atoms with Crippen LogP contribution in [0, 0.1) is 6.92 Å². The van der Waals surface area contributed by atoms with Crippen molar-refractivity contribution in [2.24, 2.45) is 0 Å². The summed E-state index contributed by atoms with van der Waals surface area (Å²) in [5, 5.41) is 0.815. The van der Waals surface area contributed by atoms with E-state index < -0.39 is 0 Å². The SMILES string of the molecule is Cc1ccc(SCC(=O)N2CCN(Cc3nc4sc5c(c4c(=O)[nH]3)CCCC5)CC2)cc1. The molecule has 1 aromatic carbocycles. The van der Waals surface area contributed by atoms with Crippen LogP contribution in [0.3, 0.4) is 0 Å². The molecule has 0 radical (unpaired) electrons. The molecule has 0 spiro atoms. The first kappa shape index (κ1) is 21.7. The Hall–Kier alpha value is -2.16. The molecule has 1 amide bonds. The lowest BCUT2D eigenvalue weighted by Gasteiger charge is -2.34. The third kappa shape index (κ3) is 4.63. The van der Waals surface area contributed by atoms with E-state index in [0.717, 1.165) is 53.3 Å². The molecule has 6 nitrogen and oxygen atoms in total. The van der Waals surface area contributed by atoms with Gasteiger partial charge in [0.05, 0.1) is 17.7 Å². The van der Waals surface area contributed by atoms with Crippen molar-refractivity contribution in [1.82, 2.24) is 19.8 Å². The summed E-state index contributed by atoms with van der Waals surface area (Å²) in [5.41, 5.74) is 2.46. The van der Waals surface area contributed by atoms with Gasteiger partial charge in [0.15, 0.2) is 0 Å². The lowest BCUT2D eigenvalue weighted by molar-refractivity contribution is -0.130. The Morgan fingerprint density at radius 1 is 1.12 bits per heavy atom. The van der Waals surface area contributed by atoms with Crippen molar-refractivity contribution in [2.45, 2.75) is 44.0 Å². The number of thioether (sulfide) groups is 1. The van der Waals surface area contributed by atoms with Gasteiger partial charge in [-0.1, -0.05) is 17.7 Å².